The number of phosphoric acid groups is 1. The van der Waals surface area contributed by atoms with Crippen molar-refractivity contribution in [2.24, 2.45) is 0 Å². The SMILES string of the molecule is CC/C=C\C/C=C\C/C=C\C/C=C\CCCCCCC(=O)OC[C@H](COP(=O)([O-])OCC[N+](C)(C)C)OC(=O)CC/C=C\C/C=C\C/C=C\C/C=C\CC1OC1C/C=C\CC. The smallest absolute Gasteiger partial charge is 0.306 e. The van der Waals surface area contributed by atoms with Gasteiger partial charge < -0.3 is 32.6 Å². The number of hydrogen-bond donors (Lipinski definition) is 0. The second kappa shape index (κ2) is 37.2. The average molecular weight is 870 g/mol. The normalized spacial score (nSPS) is 17.9. The van der Waals surface area contributed by atoms with Crippen LogP contribution in [0.1, 0.15) is 129 Å². The van der Waals surface area contributed by atoms with Crippen LogP contribution < -0.4 is 4.89 Å². The number of ether oxygens (including phenoxy) is 3. The molecule has 344 valence electrons. The molecule has 0 radical (unpaired) electrons. The van der Waals surface area contributed by atoms with E-state index in [1.54, 1.807) is 0 Å². The van der Waals surface area contributed by atoms with Crippen LogP contribution in [-0.2, 0) is 37.4 Å². The molecular formula is C50H80NO9P. The van der Waals surface area contributed by atoms with Crippen LogP contribution in [0.15, 0.2) is 109 Å². The Balaban J connectivity index is 2.35. The summed E-state index contributed by atoms with van der Waals surface area (Å²) in [4.78, 5) is 37.6. The van der Waals surface area contributed by atoms with Crippen molar-refractivity contribution in [2.45, 2.75) is 148 Å². The van der Waals surface area contributed by atoms with Crippen molar-refractivity contribution in [3.8, 4) is 0 Å². The first kappa shape index (κ1) is 55.6. The van der Waals surface area contributed by atoms with Gasteiger partial charge >= 0.3 is 11.9 Å². The first-order valence-electron chi connectivity index (χ1n) is 22.7. The number of likely N-dealkylation sites (N-methyl/N-ethyl adjacent to an activating group) is 1. The molecule has 0 aromatic carbocycles. The van der Waals surface area contributed by atoms with Crippen LogP contribution in [0.4, 0.5) is 0 Å². The number of hydrogen-bond acceptors (Lipinski definition) is 9. The van der Waals surface area contributed by atoms with Gasteiger partial charge in [0.05, 0.1) is 40.0 Å². The van der Waals surface area contributed by atoms with Gasteiger partial charge in [-0.2, -0.15) is 0 Å². The van der Waals surface area contributed by atoms with Gasteiger partial charge in [-0.3, -0.25) is 14.2 Å². The number of esters is 2. The second-order valence-electron chi connectivity index (χ2n) is 16.0. The van der Waals surface area contributed by atoms with Gasteiger partial charge in [-0.1, -0.05) is 136 Å². The van der Waals surface area contributed by atoms with Crippen molar-refractivity contribution in [1.29, 1.82) is 0 Å². The average Bonchev–Trinajstić information content (AvgIpc) is 3.97. The van der Waals surface area contributed by atoms with E-state index in [0.29, 0.717) is 36.1 Å². The zero-order valence-electron chi connectivity index (χ0n) is 38.2. The van der Waals surface area contributed by atoms with Crippen LogP contribution in [0.5, 0.6) is 0 Å². The van der Waals surface area contributed by atoms with Crippen LogP contribution in [0.25, 0.3) is 0 Å². The lowest BCUT2D eigenvalue weighted by Gasteiger charge is -2.28. The lowest BCUT2D eigenvalue weighted by atomic mass is 10.1. The number of carbonyl (C=O) groups excluding carboxylic acids is 2. The number of epoxide rings is 1. The summed E-state index contributed by atoms with van der Waals surface area (Å²) < 4.78 is 39.5. The lowest BCUT2D eigenvalue weighted by Crippen LogP contribution is -2.37. The molecule has 0 N–H and O–H groups in total. The van der Waals surface area contributed by atoms with E-state index >= 15 is 0 Å². The molecule has 1 aliphatic rings. The van der Waals surface area contributed by atoms with Gasteiger partial charge in [0.2, 0.25) is 0 Å². The van der Waals surface area contributed by atoms with E-state index in [1.165, 1.54) is 0 Å². The van der Waals surface area contributed by atoms with Gasteiger partial charge in [0.15, 0.2) is 6.10 Å². The molecule has 0 aromatic rings. The number of quaternary nitrogens is 1. The molecule has 0 bridgehead atoms. The van der Waals surface area contributed by atoms with Crippen LogP contribution in [-0.4, -0.2) is 82.2 Å². The van der Waals surface area contributed by atoms with Gasteiger partial charge in [-0.15, -0.1) is 0 Å². The summed E-state index contributed by atoms with van der Waals surface area (Å²) >= 11 is 0. The first-order valence-corrected chi connectivity index (χ1v) is 24.2. The predicted molar refractivity (Wildman–Crippen MR) is 249 cm³/mol. The highest BCUT2D eigenvalue weighted by Crippen LogP contribution is 2.38. The van der Waals surface area contributed by atoms with Gasteiger partial charge in [0.25, 0.3) is 7.82 Å². The van der Waals surface area contributed by atoms with Crippen LogP contribution >= 0.6 is 7.82 Å². The fraction of sp³-hybridized carbons (Fsp3) is 0.600. The number of rotatable bonds is 38. The molecule has 0 aromatic heterocycles. The molecule has 0 saturated carbocycles. The van der Waals surface area contributed by atoms with E-state index < -0.39 is 32.5 Å². The summed E-state index contributed by atoms with van der Waals surface area (Å²) in [5.74, 6) is -0.978. The third kappa shape index (κ3) is 38.1. The summed E-state index contributed by atoms with van der Waals surface area (Å²) in [5.41, 5.74) is 0. The monoisotopic (exact) mass is 870 g/mol. The Morgan fingerprint density at radius 3 is 1.62 bits per heavy atom. The maximum atomic E-state index is 12.7. The Morgan fingerprint density at radius 1 is 0.590 bits per heavy atom. The minimum atomic E-state index is -4.66. The number of carbonyl (C=O) groups is 2. The van der Waals surface area contributed by atoms with Crippen molar-refractivity contribution in [1.82, 2.24) is 0 Å². The summed E-state index contributed by atoms with van der Waals surface area (Å²) in [5, 5.41) is 0. The second-order valence-corrected chi connectivity index (χ2v) is 17.4. The van der Waals surface area contributed by atoms with Gasteiger partial charge in [-0.05, 0) is 89.9 Å². The molecule has 1 rings (SSSR count). The number of allylic oxidation sites excluding steroid dienone is 16. The molecule has 61 heavy (non-hydrogen) atoms. The van der Waals surface area contributed by atoms with Crippen molar-refractivity contribution >= 4 is 19.8 Å². The largest absolute Gasteiger partial charge is 0.756 e. The van der Waals surface area contributed by atoms with Crippen molar-refractivity contribution < 1.29 is 46.8 Å². The van der Waals surface area contributed by atoms with Crippen molar-refractivity contribution in [3.63, 3.8) is 0 Å². The third-order valence-corrected chi connectivity index (χ3v) is 10.2. The Kier molecular flexibility index (Phi) is 33.9. The van der Waals surface area contributed by atoms with E-state index in [0.717, 1.165) is 89.9 Å². The first-order chi connectivity index (χ1) is 29.5. The zero-order chi connectivity index (χ0) is 44.7. The standard InChI is InChI=1S/C50H80NO9P/c1-6-8-10-11-12-13-14-15-16-17-18-19-23-26-29-32-36-40-49(52)56-44-46(45-58-61(54,55)57-43-42-51(3,4)5)59-50(53)41-37-33-30-27-24-21-20-22-25-28-31-35-39-48-47(60-48)38-34-9-7-2/h8-10,12-13,15-16,18-19,21-22,24-25,30-31,33-35,46-48H,6-7,11,14,17,20,23,26-29,32,36-45H2,1-5H3/b10-8-,13-12-,16-15-,19-18-,24-21-,25-22-,33-30-,34-9-,35-31-/t46-,47?,48?/m1/s1. The fourth-order valence-corrected chi connectivity index (χ4v) is 6.32. The molecule has 1 fully saturated rings. The van der Waals surface area contributed by atoms with Crippen LogP contribution in [0.3, 0.4) is 0 Å². The minimum absolute atomic E-state index is 0.0575. The van der Waals surface area contributed by atoms with Gasteiger partial charge in [-0.25, -0.2) is 0 Å². The zero-order valence-corrected chi connectivity index (χ0v) is 39.1. The Hall–Kier alpha value is -3.37. The highest BCUT2D eigenvalue weighted by molar-refractivity contribution is 7.45. The molecular weight excluding hydrogens is 790 g/mol. The van der Waals surface area contributed by atoms with E-state index in [1.807, 2.05) is 33.3 Å². The third-order valence-electron chi connectivity index (χ3n) is 9.20. The van der Waals surface area contributed by atoms with E-state index in [-0.39, 0.29) is 26.1 Å². The number of phosphoric ester groups is 1. The lowest BCUT2D eigenvalue weighted by molar-refractivity contribution is -0.870. The Morgan fingerprint density at radius 2 is 1.07 bits per heavy atom. The maximum absolute atomic E-state index is 12.7. The Labute approximate surface area is 370 Å². The molecule has 1 aliphatic heterocycles. The summed E-state index contributed by atoms with van der Waals surface area (Å²) in [6.45, 7) is 3.84. The highest BCUT2D eigenvalue weighted by Gasteiger charge is 2.36. The van der Waals surface area contributed by atoms with Gasteiger partial charge in [0.1, 0.15) is 19.8 Å². The Bertz CT molecular complexity index is 1470. The predicted octanol–water partition coefficient (Wildman–Crippen LogP) is 11.5. The van der Waals surface area contributed by atoms with Crippen LogP contribution in [0.2, 0.25) is 0 Å². The summed E-state index contributed by atoms with van der Waals surface area (Å²) in [6, 6.07) is 0. The fourth-order valence-electron chi connectivity index (χ4n) is 5.59. The van der Waals surface area contributed by atoms with Crippen LogP contribution in [0, 0.1) is 0 Å². The topological polar surface area (TPSA) is 124 Å². The summed E-state index contributed by atoms with van der Waals surface area (Å²) in [7, 11) is 1.08. The molecule has 1 saturated heterocycles. The highest BCUT2D eigenvalue weighted by atomic mass is 31.2. The van der Waals surface area contributed by atoms with E-state index in [2.05, 4.69) is 111 Å². The molecule has 3 unspecified atom stereocenters. The van der Waals surface area contributed by atoms with E-state index in [4.69, 9.17) is 23.3 Å². The van der Waals surface area contributed by atoms with E-state index in [9.17, 15) is 19.0 Å². The summed E-state index contributed by atoms with van der Waals surface area (Å²) in [6.07, 6.45) is 53.1. The molecule has 0 aliphatic carbocycles. The maximum Gasteiger partial charge on any atom is 0.306 e. The molecule has 11 heteroatoms. The van der Waals surface area contributed by atoms with Crippen molar-refractivity contribution in [3.05, 3.63) is 109 Å². The molecule has 1 heterocycles. The van der Waals surface area contributed by atoms with Gasteiger partial charge in [0, 0.05) is 12.8 Å². The molecule has 0 spiro atoms. The minimum Gasteiger partial charge on any atom is -0.756 e. The molecule has 10 nitrogen and oxygen atoms in total. The quantitative estimate of drug-likeness (QED) is 0.0149. The van der Waals surface area contributed by atoms with Crippen molar-refractivity contribution in [2.75, 3.05) is 47.5 Å². The number of unbranched alkanes of at least 4 members (excludes halogenated alkanes) is 4. The molecule has 4 atom stereocenters. The number of nitrogens with zero attached hydrogens (tertiary/aromatic N) is 1. The molecule has 0 amide bonds.